The fourth-order valence-electron chi connectivity index (χ4n) is 2.48. The number of hydrogen-bond acceptors (Lipinski definition) is 3. The van der Waals surface area contributed by atoms with Crippen molar-refractivity contribution >= 4 is 6.41 Å². The van der Waals surface area contributed by atoms with Crippen molar-refractivity contribution in [1.82, 2.24) is 15.1 Å². The Hall–Kier alpha value is -0.610. The number of nitrogens with zero attached hydrogens (tertiary/aromatic N) is 2. The van der Waals surface area contributed by atoms with Crippen LogP contribution in [0, 0.1) is 5.92 Å². The van der Waals surface area contributed by atoms with Crippen molar-refractivity contribution in [2.45, 2.75) is 12.8 Å². The summed E-state index contributed by atoms with van der Waals surface area (Å²) in [6.45, 7) is 7.53. The van der Waals surface area contributed by atoms with E-state index in [0.717, 1.165) is 38.5 Å². The van der Waals surface area contributed by atoms with E-state index in [1.807, 2.05) is 4.90 Å². The predicted octanol–water partition coefficient (Wildman–Crippen LogP) is -0.240. The first kappa shape index (κ1) is 10.9. The van der Waals surface area contributed by atoms with Crippen LogP contribution in [0.15, 0.2) is 0 Å². The van der Waals surface area contributed by atoms with Crippen LogP contribution in [0.4, 0.5) is 0 Å². The first-order valence-electron chi connectivity index (χ1n) is 6.01. The fourth-order valence-corrected chi connectivity index (χ4v) is 2.48. The highest BCUT2D eigenvalue weighted by Crippen LogP contribution is 2.14. The van der Waals surface area contributed by atoms with Crippen molar-refractivity contribution < 1.29 is 4.79 Å². The third-order valence-corrected chi connectivity index (χ3v) is 3.53. The molecular weight excluding hydrogens is 190 g/mol. The van der Waals surface area contributed by atoms with Crippen LogP contribution in [0.2, 0.25) is 0 Å². The predicted molar refractivity (Wildman–Crippen MR) is 59.7 cm³/mol. The molecule has 15 heavy (non-hydrogen) atoms. The Balaban J connectivity index is 1.69. The van der Waals surface area contributed by atoms with Crippen LogP contribution >= 0.6 is 0 Å². The molecule has 0 spiro atoms. The van der Waals surface area contributed by atoms with Crippen LogP contribution in [-0.2, 0) is 4.79 Å². The molecule has 2 heterocycles. The maximum atomic E-state index is 10.6. The molecule has 0 aromatic carbocycles. The first-order valence-corrected chi connectivity index (χ1v) is 6.01. The van der Waals surface area contributed by atoms with E-state index in [1.54, 1.807) is 0 Å². The molecule has 1 amide bonds. The van der Waals surface area contributed by atoms with Gasteiger partial charge in [-0.3, -0.25) is 9.69 Å². The molecule has 86 valence electrons. The smallest absolute Gasteiger partial charge is 0.209 e. The second kappa shape index (κ2) is 5.47. The Bertz CT molecular complexity index is 196. The molecule has 2 saturated heterocycles. The summed E-state index contributed by atoms with van der Waals surface area (Å²) in [4.78, 5) is 14.9. The number of nitrogens with one attached hydrogen (secondary N) is 1. The van der Waals surface area contributed by atoms with Crippen LogP contribution in [0.25, 0.3) is 0 Å². The van der Waals surface area contributed by atoms with E-state index in [-0.39, 0.29) is 0 Å². The maximum absolute atomic E-state index is 10.6. The van der Waals surface area contributed by atoms with Gasteiger partial charge in [0.25, 0.3) is 0 Å². The van der Waals surface area contributed by atoms with E-state index in [2.05, 4.69) is 10.2 Å². The number of hydrogen-bond donors (Lipinski definition) is 1. The maximum Gasteiger partial charge on any atom is 0.209 e. The molecule has 2 rings (SSSR count). The van der Waals surface area contributed by atoms with E-state index in [9.17, 15) is 4.79 Å². The average molecular weight is 211 g/mol. The quantitative estimate of drug-likeness (QED) is 0.655. The number of carbonyl (C=O) groups excluding carboxylic acids is 1. The lowest BCUT2D eigenvalue weighted by molar-refractivity contribution is -0.119. The van der Waals surface area contributed by atoms with E-state index in [1.165, 1.54) is 32.5 Å². The SMILES string of the molecule is O=CN1CCN(CC2CCNCC2)CC1. The van der Waals surface area contributed by atoms with E-state index < -0.39 is 0 Å². The van der Waals surface area contributed by atoms with Crippen LogP contribution in [0.5, 0.6) is 0 Å². The molecule has 0 aromatic rings. The van der Waals surface area contributed by atoms with Crippen molar-refractivity contribution in [3.8, 4) is 0 Å². The van der Waals surface area contributed by atoms with E-state index >= 15 is 0 Å². The Labute approximate surface area is 91.6 Å². The molecule has 1 N–H and O–H groups in total. The lowest BCUT2D eigenvalue weighted by atomic mass is 9.97. The summed E-state index contributed by atoms with van der Waals surface area (Å²) in [6.07, 6.45) is 3.60. The van der Waals surface area contributed by atoms with Gasteiger partial charge in [-0.1, -0.05) is 0 Å². The number of carbonyl (C=O) groups is 1. The molecule has 0 radical (unpaired) electrons. The lowest BCUT2D eigenvalue weighted by Gasteiger charge is -2.35. The lowest BCUT2D eigenvalue weighted by Crippen LogP contribution is -2.48. The van der Waals surface area contributed by atoms with Crippen molar-refractivity contribution in [3.63, 3.8) is 0 Å². The van der Waals surface area contributed by atoms with Gasteiger partial charge in [0, 0.05) is 32.7 Å². The van der Waals surface area contributed by atoms with Gasteiger partial charge in [0.2, 0.25) is 6.41 Å². The fraction of sp³-hybridized carbons (Fsp3) is 0.909. The van der Waals surface area contributed by atoms with Crippen molar-refractivity contribution in [1.29, 1.82) is 0 Å². The Kier molecular flexibility index (Phi) is 3.97. The molecular formula is C11H21N3O. The second-order valence-corrected chi connectivity index (χ2v) is 4.64. The van der Waals surface area contributed by atoms with Crippen LogP contribution < -0.4 is 5.32 Å². The number of rotatable bonds is 3. The van der Waals surface area contributed by atoms with Gasteiger partial charge in [0.1, 0.15) is 0 Å². The van der Waals surface area contributed by atoms with Crippen LogP contribution in [-0.4, -0.2) is 62.0 Å². The zero-order valence-electron chi connectivity index (χ0n) is 9.32. The third kappa shape index (κ3) is 3.18. The molecule has 0 saturated carbocycles. The molecule has 0 bridgehead atoms. The van der Waals surface area contributed by atoms with Crippen LogP contribution in [0.1, 0.15) is 12.8 Å². The highest BCUT2D eigenvalue weighted by atomic mass is 16.1. The number of piperidine rings is 1. The van der Waals surface area contributed by atoms with Crippen molar-refractivity contribution in [2.75, 3.05) is 45.8 Å². The molecule has 0 atom stereocenters. The minimum Gasteiger partial charge on any atom is -0.343 e. The van der Waals surface area contributed by atoms with Gasteiger partial charge in [-0.2, -0.15) is 0 Å². The van der Waals surface area contributed by atoms with Gasteiger partial charge < -0.3 is 10.2 Å². The third-order valence-electron chi connectivity index (χ3n) is 3.53. The van der Waals surface area contributed by atoms with Gasteiger partial charge in [0.05, 0.1) is 0 Å². The van der Waals surface area contributed by atoms with Gasteiger partial charge >= 0.3 is 0 Å². The largest absolute Gasteiger partial charge is 0.343 e. The minimum atomic E-state index is 0.869. The summed E-state index contributed by atoms with van der Waals surface area (Å²) < 4.78 is 0. The summed E-state index contributed by atoms with van der Waals surface area (Å²) in [7, 11) is 0. The summed E-state index contributed by atoms with van der Waals surface area (Å²) in [6, 6.07) is 0. The molecule has 4 heteroatoms. The average Bonchev–Trinajstić information content (AvgIpc) is 2.31. The van der Waals surface area contributed by atoms with E-state index in [4.69, 9.17) is 0 Å². The Morgan fingerprint density at radius 2 is 1.80 bits per heavy atom. The first-order chi connectivity index (χ1) is 7.38. The highest BCUT2D eigenvalue weighted by molar-refractivity contribution is 5.47. The molecule has 0 aromatic heterocycles. The standard InChI is InChI=1S/C11H21N3O/c15-10-14-7-5-13(6-8-14)9-11-1-3-12-4-2-11/h10-12H,1-9H2. The summed E-state index contributed by atoms with van der Waals surface area (Å²) in [5.74, 6) is 0.869. The number of amides is 1. The minimum absolute atomic E-state index is 0.869. The molecule has 2 aliphatic heterocycles. The molecule has 0 unspecified atom stereocenters. The normalized spacial score (nSPS) is 25.5. The molecule has 2 fully saturated rings. The van der Waals surface area contributed by atoms with Crippen LogP contribution in [0.3, 0.4) is 0 Å². The number of piperazine rings is 1. The molecule has 0 aliphatic carbocycles. The van der Waals surface area contributed by atoms with Gasteiger partial charge in [-0.25, -0.2) is 0 Å². The van der Waals surface area contributed by atoms with E-state index in [0.29, 0.717) is 0 Å². The summed E-state index contributed by atoms with van der Waals surface area (Å²) in [5.41, 5.74) is 0. The monoisotopic (exact) mass is 211 g/mol. The molecule has 2 aliphatic rings. The van der Waals surface area contributed by atoms with Gasteiger partial charge in [-0.05, 0) is 31.8 Å². The molecule has 4 nitrogen and oxygen atoms in total. The van der Waals surface area contributed by atoms with Gasteiger partial charge in [-0.15, -0.1) is 0 Å². The second-order valence-electron chi connectivity index (χ2n) is 4.64. The topological polar surface area (TPSA) is 35.6 Å². The summed E-state index contributed by atoms with van der Waals surface area (Å²) in [5, 5.41) is 3.40. The zero-order valence-corrected chi connectivity index (χ0v) is 9.32. The van der Waals surface area contributed by atoms with Crippen molar-refractivity contribution in [2.24, 2.45) is 5.92 Å². The Morgan fingerprint density at radius 3 is 2.40 bits per heavy atom. The van der Waals surface area contributed by atoms with Gasteiger partial charge in [0.15, 0.2) is 0 Å². The zero-order chi connectivity index (χ0) is 10.5. The highest BCUT2D eigenvalue weighted by Gasteiger charge is 2.20. The van der Waals surface area contributed by atoms with Crippen molar-refractivity contribution in [3.05, 3.63) is 0 Å². The summed E-state index contributed by atoms with van der Waals surface area (Å²) >= 11 is 0. The Morgan fingerprint density at radius 1 is 1.13 bits per heavy atom.